The number of benzene rings is 1. The number of hydrogen-bond donors (Lipinski definition) is 1. The molecule has 0 aliphatic carbocycles. The lowest BCUT2D eigenvalue weighted by molar-refractivity contribution is 0.0777. The fourth-order valence-corrected chi connectivity index (χ4v) is 2.56. The maximum absolute atomic E-state index is 12.6. The number of nitrogens with zero attached hydrogens (tertiary/aromatic N) is 1. The Morgan fingerprint density at radius 3 is 2.95 bits per heavy atom. The van der Waals surface area contributed by atoms with Crippen molar-refractivity contribution in [3.8, 4) is 0 Å². The zero-order valence-electron chi connectivity index (χ0n) is 11.8. The Bertz CT molecular complexity index is 494. The van der Waals surface area contributed by atoms with Crippen molar-refractivity contribution in [3.05, 3.63) is 47.0 Å². The van der Waals surface area contributed by atoms with Gasteiger partial charge in [-0.1, -0.05) is 24.3 Å². The van der Waals surface area contributed by atoms with E-state index in [9.17, 15) is 4.79 Å². The first kappa shape index (κ1) is 13.8. The third-order valence-corrected chi connectivity index (χ3v) is 3.50. The molecule has 0 radical (unpaired) electrons. The Balaban J connectivity index is 2.30. The van der Waals surface area contributed by atoms with Crippen molar-refractivity contribution in [1.29, 1.82) is 0 Å². The maximum Gasteiger partial charge on any atom is 0.254 e. The summed E-state index contributed by atoms with van der Waals surface area (Å²) >= 11 is 0. The summed E-state index contributed by atoms with van der Waals surface area (Å²) in [5.41, 5.74) is 4.35. The van der Waals surface area contributed by atoms with E-state index in [2.05, 4.69) is 18.0 Å². The second-order valence-corrected chi connectivity index (χ2v) is 5.15. The van der Waals surface area contributed by atoms with Crippen molar-refractivity contribution < 1.29 is 4.79 Å². The normalized spacial score (nSPS) is 13.8. The number of hydrogen-bond acceptors (Lipinski definition) is 2. The van der Waals surface area contributed by atoms with Gasteiger partial charge in [-0.2, -0.15) is 0 Å². The van der Waals surface area contributed by atoms with Crippen LogP contribution in [0.2, 0.25) is 0 Å². The Morgan fingerprint density at radius 1 is 1.47 bits per heavy atom. The predicted octanol–water partition coefficient (Wildman–Crippen LogP) is 2.37. The second kappa shape index (κ2) is 6.02. The zero-order valence-corrected chi connectivity index (χ0v) is 11.8. The van der Waals surface area contributed by atoms with Gasteiger partial charge < -0.3 is 10.2 Å². The van der Waals surface area contributed by atoms with Gasteiger partial charge >= 0.3 is 0 Å². The van der Waals surface area contributed by atoms with Crippen LogP contribution < -0.4 is 5.32 Å². The molecule has 0 saturated heterocycles. The standard InChI is InChI=1S/C16H22N2O/c1-4-18(11-12(2)3)16(19)15-7-5-6-13-10-17-9-8-14(13)15/h5-7,17H,2,4,8-11H2,1,3H3. The highest BCUT2D eigenvalue weighted by Crippen LogP contribution is 2.20. The van der Waals surface area contributed by atoms with Crippen LogP contribution in [0.4, 0.5) is 0 Å². The fourth-order valence-electron chi connectivity index (χ4n) is 2.56. The number of rotatable bonds is 4. The highest BCUT2D eigenvalue weighted by molar-refractivity contribution is 5.96. The second-order valence-electron chi connectivity index (χ2n) is 5.15. The smallest absolute Gasteiger partial charge is 0.254 e. The van der Waals surface area contributed by atoms with Crippen LogP contribution >= 0.6 is 0 Å². The largest absolute Gasteiger partial charge is 0.335 e. The number of likely N-dealkylation sites (N-methyl/N-ethyl adjacent to an activating group) is 1. The van der Waals surface area contributed by atoms with Gasteiger partial charge in [-0.15, -0.1) is 0 Å². The SMILES string of the molecule is C=C(C)CN(CC)C(=O)c1cccc2c1CCNC2. The van der Waals surface area contributed by atoms with Gasteiger partial charge in [0, 0.05) is 25.2 Å². The third-order valence-electron chi connectivity index (χ3n) is 3.50. The predicted molar refractivity (Wildman–Crippen MR) is 78.2 cm³/mol. The number of amides is 1. The van der Waals surface area contributed by atoms with Gasteiger partial charge in [0.2, 0.25) is 0 Å². The summed E-state index contributed by atoms with van der Waals surface area (Å²) in [5.74, 6) is 0.129. The van der Waals surface area contributed by atoms with Crippen LogP contribution in [0.25, 0.3) is 0 Å². The van der Waals surface area contributed by atoms with E-state index in [4.69, 9.17) is 0 Å². The summed E-state index contributed by atoms with van der Waals surface area (Å²) in [6.07, 6.45) is 0.932. The van der Waals surface area contributed by atoms with Crippen molar-refractivity contribution in [2.24, 2.45) is 0 Å². The van der Waals surface area contributed by atoms with Gasteiger partial charge in [-0.05, 0) is 44.0 Å². The number of carbonyl (C=O) groups excluding carboxylic acids is 1. The van der Waals surface area contributed by atoms with E-state index in [1.807, 2.05) is 30.9 Å². The molecule has 1 aromatic rings. The highest BCUT2D eigenvalue weighted by atomic mass is 16.2. The lowest BCUT2D eigenvalue weighted by Gasteiger charge is -2.25. The number of carbonyl (C=O) groups is 1. The molecule has 0 saturated carbocycles. The molecule has 1 aromatic carbocycles. The zero-order chi connectivity index (χ0) is 13.8. The van der Waals surface area contributed by atoms with Crippen LogP contribution in [-0.2, 0) is 13.0 Å². The first-order valence-corrected chi connectivity index (χ1v) is 6.88. The van der Waals surface area contributed by atoms with E-state index in [1.54, 1.807) is 0 Å². The van der Waals surface area contributed by atoms with Crippen LogP contribution in [-0.4, -0.2) is 30.4 Å². The topological polar surface area (TPSA) is 32.3 Å². The van der Waals surface area contributed by atoms with E-state index in [0.717, 1.165) is 30.6 Å². The molecule has 0 aromatic heterocycles. The average molecular weight is 258 g/mol. The Kier molecular flexibility index (Phi) is 4.38. The summed E-state index contributed by atoms with van der Waals surface area (Å²) in [7, 11) is 0. The van der Waals surface area contributed by atoms with E-state index in [0.29, 0.717) is 13.1 Å². The van der Waals surface area contributed by atoms with Crippen molar-refractivity contribution in [3.63, 3.8) is 0 Å². The molecule has 19 heavy (non-hydrogen) atoms. The Hall–Kier alpha value is -1.61. The first-order valence-electron chi connectivity index (χ1n) is 6.88. The monoisotopic (exact) mass is 258 g/mol. The van der Waals surface area contributed by atoms with E-state index >= 15 is 0 Å². The molecule has 1 aliphatic heterocycles. The van der Waals surface area contributed by atoms with Crippen molar-refractivity contribution >= 4 is 5.91 Å². The van der Waals surface area contributed by atoms with E-state index < -0.39 is 0 Å². The van der Waals surface area contributed by atoms with Crippen LogP contribution in [0.15, 0.2) is 30.4 Å². The van der Waals surface area contributed by atoms with Crippen LogP contribution in [0.3, 0.4) is 0 Å². The molecule has 1 heterocycles. The molecule has 1 N–H and O–H groups in total. The van der Waals surface area contributed by atoms with Crippen LogP contribution in [0.1, 0.15) is 35.3 Å². The first-order chi connectivity index (χ1) is 9.13. The molecule has 1 aliphatic rings. The molecular weight excluding hydrogens is 236 g/mol. The molecule has 3 nitrogen and oxygen atoms in total. The summed E-state index contributed by atoms with van der Waals surface area (Å²) in [6, 6.07) is 6.04. The van der Waals surface area contributed by atoms with Gasteiger partial charge in [0.25, 0.3) is 5.91 Å². The number of nitrogens with one attached hydrogen (secondary N) is 1. The van der Waals surface area contributed by atoms with Crippen molar-refractivity contribution in [1.82, 2.24) is 10.2 Å². The molecule has 0 spiro atoms. The molecule has 0 bridgehead atoms. The van der Waals surface area contributed by atoms with E-state index in [-0.39, 0.29) is 5.91 Å². The molecule has 102 valence electrons. The molecule has 0 unspecified atom stereocenters. The number of fused-ring (bicyclic) bond motifs is 1. The van der Waals surface area contributed by atoms with Gasteiger partial charge in [-0.3, -0.25) is 4.79 Å². The molecular formula is C16H22N2O. The van der Waals surface area contributed by atoms with E-state index in [1.165, 1.54) is 11.1 Å². The quantitative estimate of drug-likeness (QED) is 0.841. The van der Waals surface area contributed by atoms with Crippen LogP contribution in [0, 0.1) is 0 Å². The third kappa shape index (κ3) is 3.04. The molecule has 3 heteroatoms. The summed E-state index contributed by atoms with van der Waals surface area (Å²) in [5, 5.41) is 3.34. The summed E-state index contributed by atoms with van der Waals surface area (Å²) in [6.45, 7) is 11.0. The Labute approximate surface area is 115 Å². The van der Waals surface area contributed by atoms with Gasteiger partial charge in [0.1, 0.15) is 0 Å². The van der Waals surface area contributed by atoms with Crippen molar-refractivity contribution in [2.45, 2.75) is 26.8 Å². The van der Waals surface area contributed by atoms with Gasteiger partial charge in [0.15, 0.2) is 0 Å². The lowest BCUT2D eigenvalue weighted by Crippen LogP contribution is -2.34. The molecule has 0 atom stereocenters. The summed E-state index contributed by atoms with van der Waals surface area (Å²) < 4.78 is 0. The summed E-state index contributed by atoms with van der Waals surface area (Å²) in [4.78, 5) is 14.5. The Morgan fingerprint density at radius 2 is 2.26 bits per heavy atom. The molecule has 1 amide bonds. The minimum atomic E-state index is 0.129. The average Bonchev–Trinajstić information content (AvgIpc) is 2.43. The lowest BCUT2D eigenvalue weighted by atomic mass is 9.94. The fraction of sp³-hybridized carbons (Fsp3) is 0.438. The van der Waals surface area contributed by atoms with Crippen LogP contribution in [0.5, 0.6) is 0 Å². The van der Waals surface area contributed by atoms with Gasteiger partial charge in [-0.25, -0.2) is 0 Å². The van der Waals surface area contributed by atoms with Crippen molar-refractivity contribution in [2.75, 3.05) is 19.6 Å². The maximum atomic E-state index is 12.6. The molecule has 0 fully saturated rings. The molecule has 2 rings (SSSR count). The minimum absolute atomic E-state index is 0.129. The highest BCUT2D eigenvalue weighted by Gasteiger charge is 2.20. The van der Waals surface area contributed by atoms with Gasteiger partial charge in [0.05, 0.1) is 0 Å². The minimum Gasteiger partial charge on any atom is -0.335 e.